The zero-order valence-electron chi connectivity index (χ0n) is 11.5. The number of ether oxygens (including phenoxy) is 1. The Hall–Kier alpha value is -1.61. The molecule has 0 N–H and O–H groups in total. The number of aromatic nitrogens is 2. The Balaban J connectivity index is 1.75. The predicted molar refractivity (Wildman–Crippen MR) is 75.8 cm³/mol. The van der Waals surface area contributed by atoms with E-state index in [0.717, 1.165) is 12.5 Å². The third-order valence-electron chi connectivity index (χ3n) is 3.84. The maximum atomic E-state index is 5.32. The molecule has 2 aromatic rings. The second-order valence-corrected chi connectivity index (χ2v) is 5.39. The summed E-state index contributed by atoms with van der Waals surface area (Å²) in [5, 5.41) is 4.44. The minimum absolute atomic E-state index is 0.145. The summed E-state index contributed by atoms with van der Waals surface area (Å²) in [4.78, 5) is 0. The molecule has 0 amide bonds. The Morgan fingerprint density at radius 3 is 2.63 bits per heavy atom. The van der Waals surface area contributed by atoms with E-state index < -0.39 is 0 Å². The first-order valence-corrected chi connectivity index (χ1v) is 6.92. The number of hydrogen-bond acceptors (Lipinski definition) is 2. The van der Waals surface area contributed by atoms with Crippen molar-refractivity contribution < 1.29 is 4.74 Å². The van der Waals surface area contributed by atoms with Gasteiger partial charge in [-0.3, -0.25) is 4.68 Å². The monoisotopic (exact) mass is 256 g/mol. The molecule has 0 saturated heterocycles. The summed E-state index contributed by atoms with van der Waals surface area (Å²) in [5.41, 5.74) is 3.61. The van der Waals surface area contributed by atoms with Crippen LogP contribution in [0, 0.1) is 5.92 Å². The first-order valence-electron chi connectivity index (χ1n) is 6.92. The molecule has 1 aliphatic carbocycles. The smallest absolute Gasteiger partial charge is 0.0793 e. The Kier molecular flexibility index (Phi) is 3.38. The molecule has 1 heterocycles. The van der Waals surface area contributed by atoms with Crippen LogP contribution in [0.1, 0.15) is 31.4 Å². The van der Waals surface area contributed by atoms with Gasteiger partial charge < -0.3 is 4.74 Å². The van der Waals surface area contributed by atoms with Gasteiger partial charge in [-0.25, -0.2) is 0 Å². The largest absolute Gasteiger partial charge is 0.377 e. The van der Waals surface area contributed by atoms with Gasteiger partial charge in [-0.05, 0) is 36.8 Å². The fourth-order valence-corrected chi connectivity index (χ4v) is 2.26. The molecule has 0 bridgehead atoms. The van der Waals surface area contributed by atoms with Crippen molar-refractivity contribution in [1.82, 2.24) is 9.78 Å². The van der Waals surface area contributed by atoms with Crippen LogP contribution in [0.5, 0.6) is 0 Å². The number of rotatable bonds is 5. The molecule has 0 aliphatic heterocycles. The lowest BCUT2D eigenvalue weighted by Crippen LogP contribution is -1.99. The van der Waals surface area contributed by atoms with Crippen LogP contribution in [-0.4, -0.2) is 16.9 Å². The Morgan fingerprint density at radius 1 is 1.26 bits per heavy atom. The van der Waals surface area contributed by atoms with Crippen molar-refractivity contribution >= 4 is 0 Å². The standard InChI is InChI=1S/C16H20N2O/c1-12(19-2)14-5-7-15(8-6-14)16-9-17-18(11-16)10-13-3-4-13/h5-9,11-13H,3-4,10H2,1-2H3/t12-/m0/s1. The highest BCUT2D eigenvalue weighted by atomic mass is 16.5. The SMILES string of the molecule is CO[C@@H](C)c1ccc(-c2cnn(CC3CC3)c2)cc1. The van der Waals surface area contributed by atoms with Crippen LogP contribution < -0.4 is 0 Å². The average Bonchev–Trinajstić information content (AvgIpc) is 3.14. The molecule has 1 aliphatic rings. The van der Waals surface area contributed by atoms with E-state index >= 15 is 0 Å². The van der Waals surface area contributed by atoms with Crippen molar-refractivity contribution in [2.75, 3.05) is 7.11 Å². The number of hydrogen-bond donors (Lipinski definition) is 0. The molecule has 3 rings (SSSR count). The molecular weight excluding hydrogens is 236 g/mol. The predicted octanol–water partition coefficient (Wildman–Crippen LogP) is 3.67. The number of methoxy groups -OCH3 is 1. The highest BCUT2D eigenvalue weighted by Gasteiger charge is 2.22. The third-order valence-corrected chi connectivity index (χ3v) is 3.84. The molecule has 1 fully saturated rings. The van der Waals surface area contributed by atoms with E-state index in [0.29, 0.717) is 0 Å². The molecule has 3 nitrogen and oxygen atoms in total. The van der Waals surface area contributed by atoms with Crippen LogP contribution in [0.4, 0.5) is 0 Å². The Morgan fingerprint density at radius 2 is 2.00 bits per heavy atom. The van der Waals surface area contributed by atoms with E-state index in [-0.39, 0.29) is 6.10 Å². The van der Waals surface area contributed by atoms with Gasteiger partial charge in [0.1, 0.15) is 0 Å². The van der Waals surface area contributed by atoms with Crippen molar-refractivity contribution in [2.45, 2.75) is 32.4 Å². The van der Waals surface area contributed by atoms with Crippen LogP contribution in [0.3, 0.4) is 0 Å². The van der Waals surface area contributed by atoms with E-state index in [1.165, 1.54) is 29.5 Å². The summed E-state index contributed by atoms with van der Waals surface area (Å²) in [6, 6.07) is 8.54. The van der Waals surface area contributed by atoms with E-state index in [1.807, 2.05) is 6.20 Å². The normalized spacial score (nSPS) is 16.5. The van der Waals surface area contributed by atoms with Crippen LogP contribution in [0.15, 0.2) is 36.7 Å². The zero-order chi connectivity index (χ0) is 13.2. The summed E-state index contributed by atoms with van der Waals surface area (Å²) in [6.07, 6.45) is 6.97. The average molecular weight is 256 g/mol. The van der Waals surface area contributed by atoms with E-state index in [1.54, 1.807) is 7.11 Å². The van der Waals surface area contributed by atoms with E-state index in [2.05, 4.69) is 47.2 Å². The van der Waals surface area contributed by atoms with Gasteiger partial charge in [0, 0.05) is 25.4 Å². The summed E-state index contributed by atoms with van der Waals surface area (Å²) in [6.45, 7) is 3.13. The topological polar surface area (TPSA) is 27.1 Å². The highest BCUT2D eigenvalue weighted by Crippen LogP contribution is 2.31. The van der Waals surface area contributed by atoms with Gasteiger partial charge >= 0.3 is 0 Å². The lowest BCUT2D eigenvalue weighted by molar-refractivity contribution is 0.119. The van der Waals surface area contributed by atoms with Gasteiger partial charge in [-0.1, -0.05) is 24.3 Å². The molecule has 19 heavy (non-hydrogen) atoms. The maximum absolute atomic E-state index is 5.32. The molecule has 1 aromatic heterocycles. The second kappa shape index (κ2) is 5.17. The van der Waals surface area contributed by atoms with Gasteiger partial charge in [-0.15, -0.1) is 0 Å². The minimum Gasteiger partial charge on any atom is -0.377 e. The van der Waals surface area contributed by atoms with Crippen LogP contribution in [0.2, 0.25) is 0 Å². The molecule has 0 spiro atoms. The Bertz CT molecular complexity index is 540. The van der Waals surface area contributed by atoms with Crippen molar-refractivity contribution in [3.63, 3.8) is 0 Å². The first-order chi connectivity index (χ1) is 9.26. The molecule has 1 atom stereocenters. The Labute approximate surface area is 114 Å². The zero-order valence-corrected chi connectivity index (χ0v) is 11.5. The fourth-order valence-electron chi connectivity index (χ4n) is 2.26. The van der Waals surface area contributed by atoms with Crippen molar-refractivity contribution in [1.29, 1.82) is 0 Å². The number of benzene rings is 1. The third kappa shape index (κ3) is 2.87. The van der Waals surface area contributed by atoms with Gasteiger partial charge in [-0.2, -0.15) is 5.10 Å². The summed E-state index contributed by atoms with van der Waals surface area (Å²) < 4.78 is 7.39. The van der Waals surface area contributed by atoms with Crippen LogP contribution >= 0.6 is 0 Å². The first kappa shape index (κ1) is 12.4. The molecule has 1 aromatic carbocycles. The molecule has 1 saturated carbocycles. The van der Waals surface area contributed by atoms with Gasteiger partial charge in [0.15, 0.2) is 0 Å². The highest BCUT2D eigenvalue weighted by molar-refractivity contribution is 5.62. The van der Waals surface area contributed by atoms with E-state index in [9.17, 15) is 0 Å². The molecule has 0 radical (unpaired) electrons. The summed E-state index contributed by atoms with van der Waals surface area (Å²) >= 11 is 0. The van der Waals surface area contributed by atoms with E-state index in [4.69, 9.17) is 4.74 Å². The fraction of sp³-hybridized carbons (Fsp3) is 0.438. The van der Waals surface area contributed by atoms with Gasteiger partial charge in [0.2, 0.25) is 0 Å². The lowest BCUT2D eigenvalue weighted by Gasteiger charge is -2.09. The van der Waals surface area contributed by atoms with Gasteiger partial charge in [0.25, 0.3) is 0 Å². The number of nitrogens with zero attached hydrogens (tertiary/aromatic N) is 2. The lowest BCUT2D eigenvalue weighted by atomic mass is 10.0. The van der Waals surface area contributed by atoms with Crippen LogP contribution in [0.25, 0.3) is 11.1 Å². The van der Waals surface area contributed by atoms with Crippen LogP contribution in [-0.2, 0) is 11.3 Å². The minimum atomic E-state index is 0.145. The molecule has 100 valence electrons. The van der Waals surface area contributed by atoms with Crippen molar-refractivity contribution in [3.8, 4) is 11.1 Å². The second-order valence-electron chi connectivity index (χ2n) is 5.39. The quantitative estimate of drug-likeness (QED) is 0.816. The summed E-state index contributed by atoms with van der Waals surface area (Å²) in [5.74, 6) is 0.859. The molecule has 0 unspecified atom stereocenters. The van der Waals surface area contributed by atoms with Crippen molar-refractivity contribution in [2.24, 2.45) is 5.92 Å². The maximum Gasteiger partial charge on any atom is 0.0793 e. The molecule has 3 heteroatoms. The van der Waals surface area contributed by atoms with Crippen molar-refractivity contribution in [3.05, 3.63) is 42.2 Å². The molecular formula is C16H20N2O. The summed E-state index contributed by atoms with van der Waals surface area (Å²) in [7, 11) is 1.74. The van der Waals surface area contributed by atoms with Gasteiger partial charge in [0.05, 0.1) is 12.3 Å².